The third-order valence-electron chi connectivity index (χ3n) is 1.99. The Bertz CT molecular complexity index is 381. The first-order chi connectivity index (χ1) is 7.83. The van der Waals surface area contributed by atoms with Crippen molar-refractivity contribution >= 4 is 21.9 Å². The van der Waals surface area contributed by atoms with Crippen LogP contribution in [-0.2, 0) is 16.0 Å². The molecule has 0 saturated heterocycles. The second-order valence-electron chi connectivity index (χ2n) is 4.75. The highest BCUT2D eigenvalue weighted by Gasteiger charge is 2.25. The average Bonchev–Trinajstić information content (AvgIpc) is 2.63. The van der Waals surface area contributed by atoms with Crippen molar-refractivity contribution < 1.29 is 13.9 Å². The van der Waals surface area contributed by atoms with E-state index in [-0.39, 0.29) is 0 Å². The van der Waals surface area contributed by atoms with E-state index >= 15 is 0 Å². The summed E-state index contributed by atoms with van der Waals surface area (Å²) in [5.74, 6) is 0.767. The Morgan fingerprint density at radius 3 is 2.71 bits per heavy atom. The summed E-state index contributed by atoms with van der Waals surface area (Å²) in [6, 6.07) is 2.67. The SMILES string of the molecule is CC(C)(C)OC(=O)C(N)c1ccc(CCBr)o1. The van der Waals surface area contributed by atoms with Crippen LogP contribution in [0.3, 0.4) is 0 Å². The molecular weight excluding hydrogens is 286 g/mol. The quantitative estimate of drug-likeness (QED) is 0.686. The Hall–Kier alpha value is -0.810. The largest absolute Gasteiger partial charge is 0.464 e. The standard InChI is InChI=1S/C12H18BrNO3/c1-12(2,3)17-11(15)10(14)9-5-4-8(16-9)6-7-13/h4-5,10H,6-7,14H2,1-3H3. The molecule has 2 N–H and O–H groups in total. The highest BCUT2D eigenvalue weighted by molar-refractivity contribution is 9.09. The summed E-state index contributed by atoms with van der Waals surface area (Å²) in [6.45, 7) is 5.40. The Morgan fingerprint density at radius 2 is 2.18 bits per heavy atom. The highest BCUT2D eigenvalue weighted by Crippen LogP contribution is 2.19. The van der Waals surface area contributed by atoms with Crippen LogP contribution in [0, 0.1) is 0 Å². The van der Waals surface area contributed by atoms with Crippen LogP contribution >= 0.6 is 15.9 Å². The summed E-state index contributed by atoms with van der Waals surface area (Å²) in [7, 11) is 0. The van der Waals surface area contributed by atoms with Crippen molar-refractivity contribution in [3.8, 4) is 0 Å². The van der Waals surface area contributed by atoms with Gasteiger partial charge < -0.3 is 14.9 Å². The second kappa shape index (κ2) is 5.69. The van der Waals surface area contributed by atoms with Crippen molar-refractivity contribution in [1.82, 2.24) is 0 Å². The van der Waals surface area contributed by atoms with Gasteiger partial charge in [-0.05, 0) is 32.9 Å². The van der Waals surface area contributed by atoms with Gasteiger partial charge in [0.2, 0.25) is 0 Å². The molecular formula is C12H18BrNO3. The zero-order valence-electron chi connectivity index (χ0n) is 10.3. The van der Waals surface area contributed by atoms with Crippen molar-refractivity contribution in [2.75, 3.05) is 5.33 Å². The van der Waals surface area contributed by atoms with Gasteiger partial charge in [0.1, 0.15) is 17.1 Å². The lowest BCUT2D eigenvalue weighted by molar-refractivity contribution is -0.157. The molecule has 1 aromatic rings. The molecule has 0 aliphatic heterocycles. The van der Waals surface area contributed by atoms with Crippen molar-refractivity contribution in [3.05, 3.63) is 23.7 Å². The number of hydrogen-bond acceptors (Lipinski definition) is 4. The first kappa shape index (κ1) is 14.3. The summed E-state index contributed by atoms with van der Waals surface area (Å²) in [5.41, 5.74) is 5.23. The molecule has 0 bridgehead atoms. The number of rotatable bonds is 4. The van der Waals surface area contributed by atoms with Crippen LogP contribution in [0.25, 0.3) is 0 Å². The Labute approximate surface area is 110 Å². The van der Waals surface area contributed by atoms with Gasteiger partial charge in [-0.3, -0.25) is 0 Å². The van der Waals surface area contributed by atoms with Gasteiger partial charge in [-0.15, -0.1) is 0 Å². The number of halogens is 1. The minimum atomic E-state index is -0.863. The summed E-state index contributed by atoms with van der Waals surface area (Å²) in [4.78, 5) is 11.7. The van der Waals surface area contributed by atoms with Crippen molar-refractivity contribution in [1.29, 1.82) is 0 Å². The van der Waals surface area contributed by atoms with Crippen LogP contribution in [0.2, 0.25) is 0 Å². The van der Waals surface area contributed by atoms with Crippen LogP contribution in [-0.4, -0.2) is 16.9 Å². The van der Waals surface area contributed by atoms with E-state index in [1.54, 1.807) is 26.8 Å². The number of nitrogens with two attached hydrogens (primary N) is 1. The highest BCUT2D eigenvalue weighted by atomic mass is 79.9. The normalized spacial score (nSPS) is 13.5. The molecule has 17 heavy (non-hydrogen) atoms. The molecule has 0 aliphatic carbocycles. The number of carbonyl (C=O) groups is 1. The van der Waals surface area contributed by atoms with Gasteiger partial charge in [0.05, 0.1) is 0 Å². The lowest BCUT2D eigenvalue weighted by Gasteiger charge is -2.21. The van der Waals surface area contributed by atoms with Gasteiger partial charge in [0, 0.05) is 11.8 Å². The summed E-state index contributed by atoms with van der Waals surface area (Å²) in [6.07, 6.45) is 0.765. The number of furan rings is 1. The van der Waals surface area contributed by atoms with E-state index in [1.165, 1.54) is 0 Å². The second-order valence-corrected chi connectivity index (χ2v) is 5.55. The smallest absolute Gasteiger partial charge is 0.331 e. The lowest BCUT2D eigenvalue weighted by Crippen LogP contribution is -2.31. The minimum Gasteiger partial charge on any atom is -0.464 e. The summed E-state index contributed by atoms with van der Waals surface area (Å²) >= 11 is 3.32. The van der Waals surface area contributed by atoms with Gasteiger partial charge in [0.25, 0.3) is 0 Å². The fourth-order valence-electron chi connectivity index (χ4n) is 1.27. The maximum absolute atomic E-state index is 11.7. The Balaban J connectivity index is 2.68. The molecule has 1 atom stereocenters. The van der Waals surface area contributed by atoms with E-state index in [2.05, 4.69) is 15.9 Å². The molecule has 1 heterocycles. The van der Waals surface area contributed by atoms with Crippen LogP contribution in [0.5, 0.6) is 0 Å². The minimum absolute atomic E-state index is 0.440. The fraction of sp³-hybridized carbons (Fsp3) is 0.583. The molecule has 0 aromatic carbocycles. The zero-order valence-corrected chi connectivity index (χ0v) is 11.9. The van der Waals surface area contributed by atoms with E-state index < -0.39 is 17.6 Å². The predicted molar refractivity (Wildman–Crippen MR) is 69.0 cm³/mol. The number of alkyl halides is 1. The summed E-state index contributed by atoms with van der Waals surface area (Å²) < 4.78 is 10.7. The molecule has 0 fully saturated rings. The van der Waals surface area contributed by atoms with Gasteiger partial charge in [-0.2, -0.15) is 0 Å². The first-order valence-corrected chi connectivity index (χ1v) is 6.58. The van der Waals surface area contributed by atoms with Crippen LogP contribution in [0.15, 0.2) is 16.5 Å². The lowest BCUT2D eigenvalue weighted by atomic mass is 10.2. The molecule has 5 heteroatoms. The molecule has 0 aliphatic rings. The number of esters is 1. The maximum Gasteiger partial charge on any atom is 0.331 e. The van der Waals surface area contributed by atoms with Crippen molar-refractivity contribution in [2.24, 2.45) is 5.73 Å². The fourth-order valence-corrected chi connectivity index (χ4v) is 1.66. The Morgan fingerprint density at radius 1 is 1.53 bits per heavy atom. The van der Waals surface area contributed by atoms with Crippen LogP contribution in [0.1, 0.15) is 38.3 Å². The van der Waals surface area contributed by atoms with Gasteiger partial charge in [0.15, 0.2) is 6.04 Å². The number of carbonyl (C=O) groups excluding carboxylic acids is 1. The molecule has 4 nitrogen and oxygen atoms in total. The van der Waals surface area contributed by atoms with E-state index in [1.807, 2.05) is 6.07 Å². The van der Waals surface area contributed by atoms with E-state index in [0.29, 0.717) is 5.76 Å². The van der Waals surface area contributed by atoms with Crippen LogP contribution in [0.4, 0.5) is 0 Å². The number of ether oxygens (including phenoxy) is 1. The molecule has 0 spiro atoms. The molecule has 1 rings (SSSR count). The summed E-state index contributed by atoms with van der Waals surface area (Å²) in [5, 5.41) is 0.807. The van der Waals surface area contributed by atoms with Gasteiger partial charge in [-0.25, -0.2) is 4.79 Å². The topological polar surface area (TPSA) is 65.5 Å². The van der Waals surface area contributed by atoms with Gasteiger partial charge in [-0.1, -0.05) is 15.9 Å². The third kappa shape index (κ3) is 4.52. The zero-order chi connectivity index (χ0) is 13.1. The molecule has 1 unspecified atom stereocenters. The van der Waals surface area contributed by atoms with E-state index in [4.69, 9.17) is 14.9 Å². The number of hydrogen-bond donors (Lipinski definition) is 1. The Kier molecular flexibility index (Phi) is 4.77. The molecule has 96 valence electrons. The van der Waals surface area contributed by atoms with Crippen LogP contribution < -0.4 is 5.73 Å². The number of aryl methyl sites for hydroxylation is 1. The maximum atomic E-state index is 11.7. The van der Waals surface area contributed by atoms with E-state index in [9.17, 15) is 4.79 Å². The third-order valence-corrected chi connectivity index (χ3v) is 2.39. The first-order valence-electron chi connectivity index (χ1n) is 5.46. The predicted octanol–water partition coefficient (Wildman–Crippen LogP) is 2.56. The average molecular weight is 304 g/mol. The monoisotopic (exact) mass is 303 g/mol. The molecule has 1 aromatic heterocycles. The molecule has 0 saturated carbocycles. The molecule has 0 amide bonds. The van der Waals surface area contributed by atoms with Gasteiger partial charge >= 0.3 is 5.97 Å². The van der Waals surface area contributed by atoms with E-state index in [0.717, 1.165) is 17.5 Å². The molecule has 0 radical (unpaired) electrons. The van der Waals surface area contributed by atoms with Crippen molar-refractivity contribution in [2.45, 2.75) is 38.8 Å². The van der Waals surface area contributed by atoms with Crippen molar-refractivity contribution in [3.63, 3.8) is 0 Å².